The highest BCUT2D eigenvalue weighted by atomic mass is 16.7. The number of fused-ring (bicyclic) bond motifs is 5. The van der Waals surface area contributed by atoms with Crippen LogP contribution in [-0.4, -0.2) is 123 Å². The number of hydrogen-bond donors (Lipinski definition) is 5. The molecule has 7 aliphatic rings. The molecule has 4 bridgehead atoms. The minimum absolute atomic E-state index is 0.0379. The van der Waals surface area contributed by atoms with E-state index in [0.717, 1.165) is 19.4 Å². The van der Waals surface area contributed by atoms with E-state index in [2.05, 4.69) is 11.8 Å². The molecule has 3 heterocycles. The summed E-state index contributed by atoms with van der Waals surface area (Å²) in [6.45, 7) is 8.45. The molecule has 13 nitrogen and oxygen atoms in total. The zero-order valence-corrected chi connectivity index (χ0v) is 30.3. The van der Waals surface area contributed by atoms with Gasteiger partial charge in [-0.25, -0.2) is 4.79 Å². The van der Waals surface area contributed by atoms with Gasteiger partial charge < -0.3 is 49.2 Å². The fraction of sp³-hybridized carbons (Fsp3) is 0.789. The van der Waals surface area contributed by atoms with Gasteiger partial charge in [0.15, 0.2) is 23.7 Å². The van der Waals surface area contributed by atoms with E-state index in [1.54, 1.807) is 13.0 Å². The summed E-state index contributed by atoms with van der Waals surface area (Å²) in [5.74, 6) is -5.93. The third-order valence-electron chi connectivity index (χ3n) is 14.9. The van der Waals surface area contributed by atoms with Crippen molar-refractivity contribution in [2.45, 2.75) is 119 Å². The van der Waals surface area contributed by atoms with Crippen molar-refractivity contribution in [3.8, 4) is 11.5 Å². The third kappa shape index (κ3) is 4.52. The summed E-state index contributed by atoms with van der Waals surface area (Å²) in [5.41, 5.74) is -5.46. The Labute approximate surface area is 298 Å². The van der Waals surface area contributed by atoms with Crippen molar-refractivity contribution in [1.29, 1.82) is 0 Å². The van der Waals surface area contributed by atoms with E-state index in [1.807, 2.05) is 6.92 Å². The van der Waals surface area contributed by atoms with E-state index in [0.29, 0.717) is 36.8 Å². The first-order valence-corrected chi connectivity index (χ1v) is 18.6. The molecule has 1 spiro atoms. The second-order valence-corrected chi connectivity index (χ2v) is 17.3. The number of carbonyl (C=O) groups is 2. The number of rotatable bonds is 5. The summed E-state index contributed by atoms with van der Waals surface area (Å²) in [6.07, 6.45) is -2.61. The Hall–Kier alpha value is -2.52. The number of esters is 2. The summed E-state index contributed by atoms with van der Waals surface area (Å²) in [7, 11) is 2.92. The van der Waals surface area contributed by atoms with Gasteiger partial charge in [0.25, 0.3) is 0 Å². The predicted molar refractivity (Wildman–Crippen MR) is 178 cm³/mol. The van der Waals surface area contributed by atoms with E-state index >= 15 is 0 Å². The maximum absolute atomic E-state index is 14.1. The lowest BCUT2D eigenvalue weighted by Gasteiger charge is -2.64. The van der Waals surface area contributed by atoms with Gasteiger partial charge in [-0.2, -0.15) is 0 Å². The van der Waals surface area contributed by atoms with Crippen LogP contribution in [0.25, 0.3) is 0 Å². The molecule has 5 N–H and O–H groups in total. The van der Waals surface area contributed by atoms with Crippen molar-refractivity contribution in [1.82, 2.24) is 4.90 Å². The lowest BCUT2D eigenvalue weighted by molar-refractivity contribution is -0.296. The van der Waals surface area contributed by atoms with E-state index in [1.165, 1.54) is 33.3 Å². The molecule has 4 saturated carbocycles. The molecule has 282 valence electrons. The second-order valence-electron chi connectivity index (χ2n) is 17.3. The number of benzene rings is 1. The summed E-state index contributed by atoms with van der Waals surface area (Å²) < 4.78 is 29.5. The quantitative estimate of drug-likeness (QED) is 0.278. The van der Waals surface area contributed by atoms with Gasteiger partial charge in [0.05, 0.1) is 43.2 Å². The van der Waals surface area contributed by atoms with Crippen molar-refractivity contribution >= 4 is 11.9 Å². The number of carbonyl (C=O) groups excluding carboxylic acids is 2. The molecular formula is C38H53NO12. The Morgan fingerprint density at radius 1 is 0.980 bits per heavy atom. The van der Waals surface area contributed by atoms with E-state index in [9.17, 15) is 35.1 Å². The van der Waals surface area contributed by atoms with E-state index in [-0.39, 0.29) is 24.4 Å². The monoisotopic (exact) mass is 715 g/mol. The van der Waals surface area contributed by atoms with Gasteiger partial charge in [0.1, 0.15) is 5.60 Å². The van der Waals surface area contributed by atoms with Crippen molar-refractivity contribution in [2.75, 3.05) is 27.3 Å². The normalized spacial score (nSPS) is 51.0. The number of methoxy groups -OCH3 is 2. The van der Waals surface area contributed by atoms with Crippen molar-refractivity contribution < 1.29 is 58.8 Å². The topological polar surface area (TPSA) is 185 Å². The van der Waals surface area contributed by atoms with Gasteiger partial charge >= 0.3 is 11.9 Å². The standard InChI is InChI=1S/C38H53NO12/c1-18-7-10-27-35(4,44)29-21(17-39(27)16-18)22-15-36-31(23(41)14-26-34(36,3)12-11-28(49-19(2)40)38(26,46)51-36)37(22,45)32(30(29)42)50-33(43)20-8-9-24(47-5)25(13-20)48-6/h8-9,13,18,21-23,26-32,41-42,44-46H,7,10-12,14-17H2,1-6H3. The van der Waals surface area contributed by atoms with Crippen LogP contribution in [0.2, 0.25) is 0 Å². The molecule has 3 saturated heterocycles. The van der Waals surface area contributed by atoms with Crippen LogP contribution in [0.5, 0.6) is 11.5 Å². The Kier molecular flexibility index (Phi) is 8.00. The average Bonchev–Trinajstić information content (AvgIpc) is 3.35. The number of aliphatic hydroxyl groups is 5. The van der Waals surface area contributed by atoms with Gasteiger partial charge in [-0.05, 0) is 81.4 Å². The number of aliphatic hydroxyl groups excluding tert-OH is 2. The Morgan fingerprint density at radius 2 is 1.71 bits per heavy atom. The van der Waals surface area contributed by atoms with Crippen LogP contribution < -0.4 is 9.47 Å². The van der Waals surface area contributed by atoms with Gasteiger partial charge in [-0.15, -0.1) is 0 Å². The molecule has 13 heteroatoms. The summed E-state index contributed by atoms with van der Waals surface area (Å²) >= 11 is 0. The van der Waals surface area contributed by atoms with Crippen molar-refractivity contribution in [2.24, 2.45) is 40.9 Å². The van der Waals surface area contributed by atoms with Crippen LogP contribution in [0, 0.1) is 40.9 Å². The third-order valence-corrected chi connectivity index (χ3v) is 14.9. The first-order valence-electron chi connectivity index (χ1n) is 18.6. The molecule has 1 aromatic carbocycles. The van der Waals surface area contributed by atoms with Crippen molar-refractivity contribution in [3.63, 3.8) is 0 Å². The fourth-order valence-electron chi connectivity index (χ4n) is 13.0. The van der Waals surface area contributed by atoms with Crippen LogP contribution in [0.3, 0.4) is 0 Å². The highest BCUT2D eigenvalue weighted by molar-refractivity contribution is 5.90. The Bertz CT molecular complexity index is 1600. The van der Waals surface area contributed by atoms with Crippen LogP contribution in [0.4, 0.5) is 0 Å². The van der Waals surface area contributed by atoms with E-state index < -0.39 is 93.9 Å². The molecule has 3 aliphatic heterocycles. The highest BCUT2D eigenvalue weighted by Crippen LogP contribution is 2.77. The molecule has 16 unspecified atom stereocenters. The summed E-state index contributed by atoms with van der Waals surface area (Å²) in [5, 5.41) is 63.0. The zero-order valence-electron chi connectivity index (χ0n) is 30.3. The molecular weight excluding hydrogens is 662 g/mol. The number of piperidine rings is 2. The Balaban J connectivity index is 1.26. The fourth-order valence-corrected chi connectivity index (χ4v) is 13.0. The largest absolute Gasteiger partial charge is 0.493 e. The van der Waals surface area contributed by atoms with Crippen LogP contribution in [0.1, 0.15) is 76.6 Å². The average molecular weight is 716 g/mol. The van der Waals surface area contributed by atoms with Crippen molar-refractivity contribution in [3.05, 3.63) is 23.8 Å². The number of nitrogens with zero attached hydrogens (tertiary/aromatic N) is 1. The Morgan fingerprint density at radius 3 is 2.39 bits per heavy atom. The lowest BCUT2D eigenvalue weighted by Crippen LogP contribution is -2.77. The highest BCUT2D eigenvalue weighted by Gasteiger charge is 2.87. The molecule has 0 aromatic heterocycles. The minimum Gasteiger partial charge on any atom is -0.493 e. The SMILES string of the molecule is COc1ccc(C(=O)OC2C(O)C3C(CN4CC(C)CCC4C3(C)O)C3CC45OC6(O)C(OC(C)=O)CCC4(C)C6CC(O)C5C32O)cc1OC. The lowest BCUT2D eigenvalue weighted by atomic mass is 9.49. The molecule has 16 atom stereocenters. The first-order chi connectivity index (χ1) is 24.0. The molecule has 4 aliphatic carbocycles. The number of hydrogen-bond acceptors (Lipinski definition) is 13. The predicted octanol–water partition coefficient (Wildman–Crippen LogP) is 1.64. The molecule has 51 heavy (non-hydrogen) atoms. The molecule has 1 aromatic rings. The maximum atomic E-state index is 14.1. The van der Waals surface area contributed by atoms with E-state index in [4.69, 9.17) is 23.7 Å². The van der Waals surface area contributed by atoms with Gasteiger partial charge in [0.2, 0.25) is 5.79 Å². The van der Waals surface area contributed by atoms with Crippen LogP contribution >= 0.6 is 0 Å². The van der Waals surface area contributed by atoms with Crippen LogP contribution in [-0.2, 0) is 19.0 Å². The first kappa shape index (κ1) is 35.5. The molecule has 7 fully saturated rings. The minimum atomic E-state index is -2.03. The zero-order chi connectivity index (χ0) is 36.6. The molecule has 0 radical (unpaired) electrons. The summed E-state index contributed by atoms with van der Waals surface area (Å²) in [6, 6.07) is 4.28. The maximum Gasteiger partial charge on any atom is 0.338 e. The van der Waals surface area contributed by atoms with Gasteiger partial charge in [-0.3, -0.25) is 9.69 Å². The molecule has 8 rings (SSSR count). The number of ether oxygens (including phenoxy) is 5. The van der Waals surface area contributed by atoms with Gasteiger partial charge in [0, 0.05) is 49.2 Å². The van der Waals surface area contributed by atoms with Crippen LogP contribution in [0.15, 0.2) is 18.2 Å². The van der Waals surface area contributed by atoms with Gasteiger partial charge in [-0.1, -0.05) is 13.8 Å². The second kappa shape index (κ2) is 11.5. The smallest absolute Gasteiger partial charge is 0.338 e. The summed E-state index contributed by atoms with van der Waals surface area (Å²) in [4.78, 5) is 28.5. The molecule has 0 amide bonds.